The van der Waals surface area contributed by atoms with Crippen LogP contribution in [-0.2, 0) is 9.59 Å². The van der Waals surface area contributed by atoms with Gasteiger partial charge in [0.1, 0.15) is 6.04 Å². The Morgan fingerprint density at radius 1 is 1.16 bits per heavy atom. The zero-order chi connectivity index (χ0) is 14.8. The third kappa shape index (κ3) is 8.87. The monoisotopic (exact) mass is 273 g/mol. The summed E-state index contributed by atoms with van der Waals surface area (Å²) in [5.41, 5.74) is 0. The van der Waals surface area contributed by atoms with Crippen molar-refractivity contribution in [2.45, 2.75) is 39.7 Å². The van der Waals surface area contributed by atoms with Gasteiger partial charge in [-0.1, -0.05) is 27.2 Å². The number of hydrogen-bond donors (Lipinski definition) is 4. The molecule has 3 amide bonds. The molecule has 0 aromatic carbocycles. The van der Waals surface area contributed by atoms with E-state index in [0.29, 0.717) is 25.3 Å². The molecule has 0 heterocycles. The molecule has 4 N–H and O–H groups in total. The molecule has 0 rings (SSSR count). The molecule has 110 valence electrons. The van der Waals surface area contributed by atoms with Crippen molar-refractivity contribution in [3.63, 3.8) is 0 Å². The SMILES string of the molecule is CCC[C@@H](NC(=O)NCC(=O)NCC(C)C)C(=O)O. The zero-order valence-electron chi connectivity index (χ0n) is 11.7. The molecule has 0 radical (unpaired) electrons. The van der Waals surface area contributed by atoms with E-state index in [4.69, 9.17) is 5.11 Å². The van der Waals surface area contributed by atoms with Crippen LogP contribution in [0.2, 0.25) is 0 Å². The number of aliphatic carboxylic acids is 1. The molecule has 0 fully saturated rings. The average molecular weight is 273 g/mol. The highest BCUT2D eigenvalue weighted by Gasteiger charge is 2.18. The van der Waals surface area contributed by atoms with Crippen molar-refractivity contribution >= 4 is 17.9 Å². The Morgan fingerprint density at radius 3 is 2.26 bits per heavy atom. The fraction of sp³-hybridized carbons (Fsp3) is 0.750. The Bertz CT molecular complexity index is 318. The predicted molar refractivity (Wildman–Crippen MR) is 70.7 cm³/mol. The van der Waals surface area contributed by atoms with Crippen LogP contribution in [0.25, 0.3) is 0 Å². The maximum atomic E-state index is 11.4. The summed E-state index contributed by atoms with van der Waals surface area (Å²) in [6, 6.07) is -1.58. The van der Waals surface area contributed by atoms with Crippen LogP contribution in [0.1, 0.15) is 33.6 Å². The first-order valence-corrected chi connectivity index (χ1v) is 6.40. The average Bonchev–Trinajstić information content (AvgIpc) is 2.33. The van der Waals surface area contributed by atoms with Gasteiger partial charge in [0.25, 0.3) is 0 Å². The van der Waals surface area contributed by atoms with Crippen molar-refractivity contribution < 1.29 is 19.5 Å². The van der Waals surface area contributed by atoms with Crippen LogP contribution < -0.4 is 16.0 Å². The van der Waals surface area contributed by atoms with E-state index < -0.39 is 18.0 Å². The van der Waals surface area contributed by atoms with Crippen molar-refractivity contribution in [1.29, 1.82) is 0 Å². The Labute approximate surface area is 113 Å². The number of urea groups is 1. The molecular formula is C12H23N3O4. The van der Waals surface area contributed by atoms with Crippen LogP contribution in [-0.4, -0.2) is 42.1 Å². The summed E-state index contributed by atoms with van der Waals surface area (Å²) < 4.78 is 0. The van der Waals surface area contributed by atoms with E-state index in [1.807, 2.05) is 20.8 Å². The van der Waals surface area contributed by atoms with Gasteiger partial charge in [-0.3, -0.25) is 4.79 Å². The Kier molecular flexibility index (Phi) is 8.32. The van der Waals surface area contributed by atoms with E-state index in [9.17, 15) is 14.4 Å². The highest BCUT2D eigenvalue weighted by Crippen LogP contribution is 1.96. The normalized spacial score (nSPS) is 11.8. The molecular weight excluding hydrogens is 250 g/mol. The quantitative estimate of drug-likeness (QED) is 0.510. The number of carboxylic acids is 1. The molecule has 0 saturated heterocycles. The molecule has 19 heavy (non-hydrogen) atoms. The van der Waals surface area contributed by atoms with Gasteiger partial charge in [0.2, 0.25) is 5.91 Å². The van der Waals surface area contributed by atoms with Crippen LogP contribution in [0.3, 0.4) is 0 Å². The number of amides is 3. The van der Waals surface area contributed by atoms with Gasteiger partial charge >= 0.3 is 12.0 Å². The van der Waals surface area contributed by atoms with Gasteiger partial charge in [-0.15, -0.1) is 0 Å². The minimum Gasteiger partial charge on any atom is -0.480 e. The van der Waals surface area contributed by atoms with Crippen molar-refractivity contribution in [1.82, 2.24) is 16.0 Å². The third-order valence-corrected chi connectivity index (χ3v) is 2.30. The lowest BCUT2D eigenvalue weighted by atomic mass is 10.2. The summed E-state index contributed by atoms with van der Waals surface area (Å²) in [7, 11) is 0. The maximum Gasteiger partial charge on any atom is 0.326 e. The topological polar surface area (TPSA) is 108 Å². The van der Waals surface area contributed by atoms with Crippen molar-refractivity contribution in [2.24, 2.45) is 5.92 Å². The molecule has 0 aromatic rings. The molecule has 0 spiro atoms. The lowest BCUT2D eigenvalue weighted by Gasteiger charge is -2.14. The van der Waals surface area contributed by atoms with Gasteiger partial charge in [-0.2, -0.15) is 0 Å². The smallest absolute Gasteiger partial charge is 0.326 e. The van der Waals surface area contributed by atoms with E-state index in [-0.39, 0.29) is 12.5 Å². The lowest BCUT2D eigenvalue weighted by Crippen LogP contribution is -2.48. The van der Waals surface area contributed by atoms with Crippen molar-refractivity contribution in [3.8, 4) is 0 Å². The second-order valence-electron chi connectivity index (χ2n) is 4.70. The molecule has 0 bridgehead atoms. The minimum absolute atomic E-state index is 0.170. The second kappa shape index (κ2) is 9.18. The molecule has 0 aromatic heterocycles. The molecule has 0 unspecified atom stereocenters. The number of rotatable bonds is 8. The zero-order valence-corrected chi connectivity index (χ0v) is 11.7. The van der Waals surface area contributed by atoms with Gasteiger partial charge in [0.15, 0.2) is 0 Å². The van der Waals surface area contributed by atoms with E-state index in [1.54, 1.807) is 0 Å². The highest BCUT2D eigenvalue weighted by atomic mass is 16.4. The summed E-state index contributed by atoms with van der Waals surface area (Å²) in [5, 5.41) is 16.1. The van der Waals surface area contributed by atoms with Crippen LogP contribution in [0.4, 0.5) is 4.79 Å². The van der Waals surface area contributed by atoms with Gasteiger partial charge < -0.3 is 21.1 Å². The first kappa shape index (κ1) is 17.2. The molecule has 1 atom stereocenters. The minimum atomic E-state index is -1.08. The van der Waals surface area contributed by atoms with E-state index in [2.05, 4.69) is 16.0 Å². The predicted octanol–water partition coefficient (Wildman–Crippen LogP) is 0.311. The van der Waals surface area contributed by atoms with E-state index >= 15 is 0 Å². The van der Waals surface area contributed by atoms with E-state index in [1.165, 1.54) is 0 Å². The Morgan fingerprint density at radius 2 is 1.79 bits per heavy atom. The molecule has 7 heteroatoms. The lowest BCUT2D eigenvalue weighted by molar-refractivity contribution is -0.139. The molecule has 0 saturated carbocycles. The fourth-order valence-electron chi connectivity index (χ4n) is 1.30. The Balaban J connectivity index is 3.96. The number of carboxylic acid groups (broad SMARTS) is 1. The van der Waals surface area contributed by atoms with Gasteiger partial charge in [-0.05, 0) is 12.3 Å². The molecule has 0 aliphatic heterocycles. The van der Waals surface area contributed by atoms with Gasteiger partial charge in [-0.25, -0.2) is 9.59 Å². The van der Waals surface area contributed by atoms with E-state index in [0.717, 1.165) is 0 Å². The molecule has 0 aliphatic rings. The summed E-state index contributed by atoms with van der Waals surface area (Å²) in [6.45, 7) is 6.12. The molecule has 7 nitrogen and oxygen atoms in total. The number of nitrogens with one attached hydrogen (secondary N) is 3. The van der Waals surface area contributed by atoms with Gasteiger partial charge in [0, 0.05) is 6.54 Å². The fourth-order valence-corrected chi connectivity index (χ4v) is 1.30. The first-order valence-electron chi connectivity index (χ1n) is 6.40. The maximum absolute atomic E-state index is 11.4. The summed E-state index contributed by atoms with van der Waals surface area (Å²) in [4.78, 5) is 33.6. The highest BCUT2D eigenvalue weighted by molar-refractivity contribution is 5.86. The number of carbonyl (C=O) groups excluding carboxylic acids is 2. The van der Waals surface area contributed by atoms with Crippen LogP contribution in [0.15, 0.2) is 0 Å². The standard InChI is InChI=1S/C12H23N3O4/c1-4-5-9(11(17)18)15-12(19)14-7-10(16)13-6-8(2)3/h8-9H,4-7H2,1-3H3,(H,13,16)(H,17,18)(H2,14,15,19)/t9-/m1/s1. The van der Waals surface area contributed by atoms with Gasteiger partial charge in [0.05, 0.1) is 6.54 Å². The van der Waals surface area contributed by atoms with Crippen LogP contribution in [0.5, 0.6) is 0 Å². The van der Waals surface area contributed by atoms with Crippen LogP contribution >= 0.6 is 0 Å². The van der Waals surface area contributed by atoms with Crippen LogP contribution in [0, 0.1) is 5.92 Å². The second-order valence-corrected chi connectivity index (χ2v) is 4.70. The van der Waals surface area contributed by atoms with Crippen molar-refractivity contribution in [2.75, 3.05) is 13.1 Å². The van der Waals surface area contributed by atoms with Crippen molar-refractivity contribution in [3.05, 3.63) is 0 Å². The Hall–Kier alpha value is -1.79. The summed E-state index contributed by atoms with van der Waals surface area (Å²) in [6.07, 6.45) is 0.994. The third-order valence-electron chi connectivity index (χ3n) is 2.30. The first-order chi connectivity index (χ1) is 8.86. The summed E-state index contributed by atoms with van der Waals surface area (Å²) in [5.74, 6) is -1.05. The number of carbonyl (C=O) groups is 3. The summed E-state index contributed by atoms with van der Waals surface area (Å²) >= 11 is 0. The largest absolute Gasteiger partial charge is 0.480 e. The molecule has 0 aliphatic carbocycles. The number of hydrogen-bond acceptors (Lipinski definition) is 3.